The second-order valence-corrected chi connectivity index (χ2v) is 6.36. The summed E-state index contributed by atoms with van der Waals surface area (Å²) < 4.78 is 7.37. The van der Waals surface area contributed by atoms with Gasteiger partial charge >= 0.3 is 129 Å². The maximum absolute atomic E-state index is 5.98. The molecule has 1 nitrogen and oxygen atoms in total. The molecule has 0 atom stereocenters. The second-order valence-electron chi connectivity index (χ2n) is 4.75. The molecule has 1 aliphatic rings. The summed E-state index contributed by atoms with van der Waals surface area (Å²) in [6.07, 6.45) is 7.60. The van der Waals surface area contributed by atoms with Gasteiger partial charge in [0.1, 0.15) is 0 Å². The molecule has 1 aliphatic carbocycles. The van der Waals surface area contributed by atoms with E-state index in [1.807, 2.05) is 6.07 Å². The van der Waals surface area contributed by atoms with E-state index >= 15 is 0 Å². The Morgan fingerprint density at radius 3 is 2.36 bits per heavy atom. The van der Waals surface area contributed by atoms with Gasteiger partial charge in [0, 0.05) is 0 Å². The molecule has 0 N–H and O–H groups in total. The van der Waals surface area contributed by atoms with Crippen LogP contribution in [0.3, 0.4) is 0 Å². The molecule has 4 heteroatoms. The summed E-state index contributed by atoms with van der Waals surface area (Å²) in [5, 5.41) is 0. The van der Waals surface area contributed by atoms with Crippen molar-refractivity contribution in [3.63, 3.8) is 0 Å². The number of rotatable bonds is 5. The molecule has 0 bridgehead atoms. The molecule has 0 unspecified atom stereocenters. The van der Waals surface area contributed by atoms with Crippen LogP contribution < -0.4 is 28.7 Å². The van der Waals surface area contributed by atoms with Gasteiger partial charge in [-0.15, -0.1) is 0 Å². The van der Waals surface area contributed by atoms with Crippen LogP contribution in [-0.4, -0.2) is 0 Å². The zero-order chi connectivity index (χ0) is 13.6. The maximum Gasteiger partial charge on any atom is -1.00 e. The monoisotopic (exact) mass is 366 g/mol. The van der Waals surface area contributed by atoms with Gasteiger partial charge in [0.05, 0.1) is 0 Å². The fourth-order valence-corrected chi connectivity index (χ4v) is 3.70. The van der Waals surface area contributed by atoms with Gasteiger partial charge in [-0.25, -0.2) is 0 Å². The minimum Gasteiger partial charge on any atom is -1.00 e. The average Bonchev–Trinajstić information content (AvgIpc) is 3.03. The normalized spacial score (nSPS) is 11.9. The van der Waals surface area contributed by atoms with Gasteiger partial charge in [-0.2, -0.15) is 0 Å². The van der Waals surface area contributed by atoms with E-state index in [1.165, 1.54) is 20.6 Å². The van der Waals surface area contributed by atoms with Crippen molar-refractivity contribution in [2.24, 2.45) is 0 Å². The number of hydrogen-bond donors (Lipinski definition) is 0. The Morgan fingerprint density at radius 1 is 0.909 bits per heavy atom. The van der Waals surface area contributed by atoms with Crippen LogP contribution in [0.25, 0.3) is 5.57 Å². The topological polar surface area (TPSA) is 9.23 Å². The van der Waals surface area contributed by atoms with Crippen LogP contribution in [-0.2, 0) is 29.5 Å². The zero-order valence-corrected chi connectivity index (χ0v) is 15.1. The summed E-state index contributed by atoms with van der Waals surface area (Å²) >= 11 is -0.552. The van der Waals surface area contributed by atoms with Crippen molar-refractivity contribution in [1.82, 2.24) is 0 Å². The molecule has 0 radical (unpaired) electrons. The summed E-state index contributed by atoms with van der Waals surface area (Å²) in [6.45, 7) is 0.715. The van der Waals surface area contributed by atoms with Crippen molar-refractivity contribution in [3.05, 3.63) is 84.0 Å². The van der Waals surface area contributed by atoms with E-state index in [0.29, 0.717) is 6.61 Å². The van der Waals surface area contributed by atoms with Crippen LogP contribution in [0.1, 0.15) is 17.5 Å². The molecule has 0 saturated carbocycles. The predicted octanol–water partition coefficient (Wildman–Crippen LogP) is -2.12. The van der Waals surface area contributed by atoms with E-state index < -0.39 is 19.5 Å². The Balaban J connectivity index is 0.00000121. The fourth-order valence-electron chi connectivity index (χ4n) is 2.27. The van der Waals surface area contributed by atoms with E-state index in [-0.39, 0.29) is 24.8 Å². The third-order valence-corrected chi connectivity index (χ3v) is 4.78. The van der Waals surface area contributed by atoms with Crippen LogP contribution in [0.4, 0.5) is 0 Å². The fraction of sp³-hybridized carbons (Fsp3) is 0.111. The first-order chi connectivity index (χ1) is 9.93. The van der Waals surface area contributed by atoms with Crippen LogP contribution in [0.15, 0.2) is 72.8 Å². The number of halogens is 2. The predicted molar refractivity (Wildman–Crippen MR) is 79.0 cm³/mol. The molecule has 0 spiro atoms. The summed E-state index contributed by atoms with van der Waals surface area (Å²) in [7, 11) is 0. The zero-order valence-electron chi connectivity index (χ0n) is 12.0. The van der Waals surface area contributed by atoms with Crippen molar-refractivity contribution in [2.45, 2.75) is 13.0 Å². The molecule has 2 aromatic rings. The molecule has 0 heterocycles. The molecule has 2 aromatic carbocycles. The first kappa shape index (κ1) is 19.2. The quantitative estimate of drug-likeness (QED) is 0.550. The molecule has 112 valence electrons. The summed E-state index contributed by atoms with van der Waals surface area (Å²) in [5.74, 6) is 0. The Labute approximate surface area is 153 Å². The van der Waals surface area contributed by atoms with Gasteiger partial charge in [-0.05, 0) is 0 Å². The Morgan fingerprint density at radius 2 is 1.64 bits per heavy atom. The Bertz CT molecular complexity index is 639. The number of allylic oxidation sites excluding steroid dienone is 4. The van der Waals surface area contributed by atoms with Crippen LogP contribution in [0.5, 0.6) is 0 Å². The van der Waals surface area contributed by atoms with Crippen LogP contribution in [0.2, 0.25) is 0 Å². The van der Waals surface area contributed by atoms with Gasteiger partial charge in [0.25, 0.3) is 0 Å². The van der Waals surface area contributed by atoms with Crippen molar-refractivity contribution in [1.29, 1.82) is 0 Å². The van der Waals surface area contributed by atoms with Gasteiger partial charge < -0.3 is 24.8 Å². The molecule has 0 fully saturated rings. The van der Waals surface area contributed by atoms with Gasteiger partial charge in [-0.1, -0.05) is 0 Å². The van der Waals surface area contributed by atoms with E-state index in [2.05, 4.69) is 66.8 Å². The van der Waals surface area contributed by atoms with E-state index in [1.54, 1.807) is 0 Å². The van der Waals surface area contributed by atoms with Crippen molar-refractivity contribution in [3.8, 4) is 0 Å². The first-order valence-corrected chi connectivity index (χ1v) is 8.22. The smallest absolute Gasteiger partial charge is 1.00 e. The number of benzene rings is 2. The molecular weight excluding hydrogens is 351 g/mol. The van der Waals surface area contributed by atoms with Crippen LogP contribution in [0, 0.1) is 0 Å². The van der Waals surface area contributed by atoms with Gasteiger partial charge in [0.15, 0.2) is 0 Å². The third kappa shape index (κ3) is 5.12. The van der Waals surface area contributed by atoms with E-state index in [4.69, 9.17) is 3.32 Å². The molecule has 0 aromatic heterocycles. The minimum absolute atomic E-state index is 0. The largest absolute Gasteiger partial charge is 1.00 e. The van der Waals surface area contributed by atoms with E-state index in [0.717, 1.165) is 6.42 Å². The Kier molecular flexibility index (Phi) is 8.78. The van der Waals surface area contributed by atoms with Crippen molar-refractivity contribution in [2.75, 3.05) is 0 Å². The van der Waals surface area contributed by atoms with E-state index in [9.17, 15) is 0 Å². The second kappa shape index (κ2) is 10.0. The summed E-state index contributed by atoms with van der Waals surface area (Å²) in [4.78, 5) is 0. The standard InChI is InChI=1S/C11H9.C7H7O.2ClH.Ti/c1-2-6-10(7-3-1)11-8-4-5-9-11;8-6-7-4-2-1-3-5-7;;;/h1-6,8H,9H2;1-5H,6H2;2*1H;/q;-1;;;+3/p-2. The van der Waals surface area contributed by atoms with Gasteiger partial charge in [-0.3, -0.25) is 0 Å². The molecule has 3 rings (SSSR count). The SMILES string of the molecule is C1=CCC(c2cccc[c]2[Ti+2][O]Cc2ccccc2)=C1.[Cl-].[Cl-]. The summed E-state index contributed by atoms with van der Waals surface area (Å²) in [5.41, 5.74) is 4.02. The number of hydrogen-bond acceptors (Lipinski definition) is 1. The molecule has 0 saturated heterocycles. The van der Waals surface area contributed by atoms with Crippen molar-refractivity contribution >= 4 is 9.44 Å². The average molecular weight is 367 g/mol. The molecule has 0 amide bonds. The van der Waals surface area contributed by atoms with Crippen LogP contribution >= 0.6 is 0 Å². The molecular formula is C18H16Cl2OTi. The molecule has 0 aliphatic heterocycles. The third-order valence-electron chi connectivity index (χ3n) is 3.31. The van der Waals surface area contributed by atoms with Gasteiger partial charge in [0.2, 0.25) is 0 Å². The van der Waals surface area contributed by atoms with Crippen molar-refractivity contribution < 1.29 is 47.7 Å². The minimum atomic E-state index is -0.552. The Hall–Kier alpha value is -0.826. The maximum atomic E-state index is 5.98. The summed E-state index contributed by atoms with van der Waals surface area (Å²) in [6, 6.07) is 19.0. The first-order valence-electron chi connectivity index (χ1n) is 6.80. The molecule has 22 heavy (non-hydrogen) atoms.